The third kappa shape index (κ3) is 2.14. The van der Waals surface area contributed by atoms with Gasteiger partial charge in [-0.15, -0.1) is 0 Å². The van der Waals surface area contributed by atoms with Gasteiger partial charge in [0.05, 0.1) is 19.8 Å². The highest BCUT2D eigenvalue weighted by Crippen LogP contribution is 2.41. The second-order valence-electron chi connectivity index (χ2n) is 4.53. The number of hydrogen-bond donors (Lipinski definition) is 1. The van der Waals surface area contributed by atoms with Gasteiger partial charge in [0.25, 0.3) is 0 Å². The van der Waals surface area contributed by atoms with E-state index in [1.54, 1.807) is 14.2 Å². The highest BCUT2D eigenvalue weighted by atomic mass is 16.5. The van der Waals surface area contributed by atoms with Gasteiger partial charge in [0, 0.05) is 18.1 Å². The monoisotopic (exact) mass is 222 g/mol. The van der Waals surface area contributed by atoms with Crippen LogP contribution in [0.15, 0.2) is 12.1 Å². The van der Waals surface area contributed by atoms with Crippen molar-refractivity contribution in [2.24, 2.45) is 0 Å². The van der Waals surface area contributed by atoms with E-state index < -0.39 is 5.60 Å². The average Bonchev–Trinajstić information content (AvgIpc) is 2.99. The molecule has 1 aromatic rings. The highest BCUT2D eigenvalue weighted by Gasteiger charge is 2.41. The number of hydrogen-bond acceptors (Lipinski definition) is 3. The molecule has 2 rings (SSSR count). The summed E-state index contributed by atoms with van der Waals surface area (Å²) >= 11 is 0. The van der Waals surface area contributed by atoms with Crippen molar-refractivity contribution in [3.05, 3.63) is 23.3 Å². The predicted octanol–water partition coefficient (Wildman–Crippen LogP) is 2.08. The molecular formula is C13H18O3. The molecule has 1 saturated carbocycles. The summed E-state index contributed by atoms with van der Waals surface area (Å²) in [5.41, 5.74) is 1.70. The first-order chi connectivity index (χ1) is 7.58. The zero-order valence-corrected chi connectivity index (χ0v) is 10.0. The van der Waals surface area contributed by atoms with Gasteiger partial charge in [0.15, 0.2) is 0 Å². The lowest BCUT2D eigenvalue weighted by molar-refractivity contribution is 0.149. The summed E-state index contributed by atoms with van der Waals surface area (Å²) in [6, 6.07) is 3.84. The van der Waals surface area contributed by atoms with Gasteiger partial charge in [-0.05, 0) is 31.4 Å². The van der Waals surface area contributed by atoms with Crippen LogP contribution in [0.2, 0.25) is 0 Å². The van der Waals surface area contributed by atoms with E-state index in [9.17, 15) is 5.11 Å². The van der Waals surface area contributed by atoms with Crippen LogP contribution in [0.4, 0.5) is 0 Å². The van der Waals surface area contributed by atoms with Crippen LogP contribution in [0.1, 0.15) is 24.0 Å². The van der Waals surface area contributed by atoms with Gasteiger partial charge in [-0.3, -0.25) is 0 Å². The summed E-state index contributed by atoms with van der Waals surface area (Å²) in [7, 11) is 3.29. The molecule has 1 N–H and O–H groups in total. The predicted molar refractivity (Wildman–Crippen MR) is 62.2 cm³/mol. The van der Waals surface area contributed by atoms with Crippen molar-refractivity contribution >= 4 is 0 Å². The molecule has 1 aliphatic rings. The lowest BCUT2D eigenvalue weighted by Gasteiger charge is -2.16. The number of benzene rings is 1. The number of methoxy groups -OCH3 is 2. The Morgan fingerprint density at radius 1 is 1.25 bits per heavy atom. The van der Waals surface area contributed by atoms with Gasteiger partial charge in [-0.1, -0.05) is 0 Å². The molecule has 0 unspecified atom stereocenters. The Morgan fingerprint density at radius 3 is 2.44 bits per heavy atom. The lowest BCUT2D eigenvalue weighted by Crippen LogP contribution is -2.12. The molecule has 1 aliphatic carbocycles. The fraction of sp³-hybridized carbons (Fsp3) is 0.538. The van der Waals surface area contributed by atoms with Gasteiger partial charge < -0.3 is 14.6 Å². The van der Waals surface area contributed by atoms with E-state index in [4.69, 9.17) is 9.47 Å². The van der Waals surface area contributed by atoms with E-state index in [1.807, 2.05) is 19.1 Å². The summed E-state index contributed by atoms with van der Waals surface area (Å²) in [5.74, 6) is 1.60. The number of aryl methyl sites for hydroxylation is 1. The van der Waals surface area contributed by atoms with Crippen molar-refractivity contribution in [1.82, 2.24) is 0 Å². The Morgan fingerprint density at radius 2 is 1.94 bits per heavy atom. The van der Waals surface area contributed by atoms with E-state index in [0.29, 0.717) is 6.42 Å². The van der Waals surface area contributed by atoms with Crippen molar-refractivity contribution in [3.8, 4) is 11.5 Å². The SMILES string of the molecule is COc1cc(C)c(CC2(O)CC2)c(OC)c1. The van der Waals surface area contributed by atoms with Crippen LogP contribution in [-0.2, 0) is 6.42 Å². The van der Waals surface area contributed by atoms with Crippen molar-refractivity contribution in [2.45, 2.75) is 31.8 Å². The minimum Gasteiger partial charge on any atom is -0.497 e. The largest absolute Gasteiger partial charge is 0.497 e. The molecule has 0 spiro atoms. The maximum atomic E-state index is 9.97. The van der Waals surface area contributed by atoms with Crippen LogP contribution in [0, 0.1) is 6.92 Å². The van der Waals surface area contributed by atoms with Gasteiger partial charge in [-0.2, -0.15) is 0 Å². The number of ether oxygens (including phenoxy) is 2. The lowest BCUT2D eigenvalue weighted by atomic mass is 10.00. The van der Waals surface area contributed by atoms with Crippen molar-refractivity contribution in [3.63, 3.8) is 0 Å². The molecule has 1 aromatic carbocycles. The molecule has 3 heteroatoms. The summed E-state index contributed by atoms with van der Waals surface area (Å²) in [4.78, 5) is 0. The van der Waals surface area contributed by atoms with Crippen molar-refractivity contribution < 1.29 is 14.6 Å². The van der Waals surface area contributed by atoms with Crippen molar-refractivity contribution in [2.75, 3.05) is 14.2 Å². The molecule has 3 nitrogen and oxygen atoms in total. The van der Waals surface area contributed by atoms with Crippen LogP contribution in [0.25, 0.3) is 0 Å². The molecular weight excluding hydrogens is 204 g/mol. The number of rotatable bonds is 4. The molecule has 88 valence electrons. The Hall–Kier alpha value is -1.22. The molecule has 0 saturated heterocycles. The zero-order chi connectivity index (χ0) is 11.8. The average molecular weight is 222 g/mol. The quantitative estimate of drug-likeness (QED) is 0.847. The number of aliphatic hydroxyl groups is 1. The van der Waals surface area contributed by atoms with Crippen LogP contribution in [0.3, 0.4) is 0 Å². The van der Waals surface area contributed by atoms with Crippen LogP contribution in [-0.4, -0.2) is 24.9 Å². The third-order valence-electron chi connectivity index (χ3n) is 3.19. The van der Waals surface area contributed by atoms with Crippen molar-refractivity contribution in [1.29, 1.82) is 0 Å². The first-order valence-electron chi connectivity index (χ1n) is 5.52. The van der Waals surface area contributed by atoms with E-state index in [0.717, 1.165) is 35.5 Å². The first kappa shape index (κ1) is 11.3. The zero-order valence-electron chi connectivity index (χ0n) is 10.0. The second-order valence-corrected chi connectivity index (χ2v) is 4.53. The second kappa shape index (κ2) is 3.98. The maximum Gasteiger partial charge on any atom is 0.126 e. The minimum absolute atomic E-state index is 0.493. The van der Waals surface area contributed by atoms with E-state index in [-0.39, 0.29) is 0 Å². The summed E-state index contributed by atoms with van der Waals surface area (Å²) in [6.07, 6.45) is 2.45. The molecule has 16 heavy (non-hydrogen) atoms. The van der Waals surface area contributed by atoms with Gasteiger partial charge >= 0.3 is 0 Å². The Bertz CT molecular complexity index is 394. The molecule has 0 aromatic heterocycles. The summed E-state index contributed by atoms with van der Waals surface area (Å²) < 4.78 is 10.5. The van der Waals surface area contributed by atoms with E-state index in [2.05, 4.69) is 0 Å². The Kier molecular flexibility index (Phi) is 2.80. The normalized spacial score (nSPS) is 17.0. The topological polar surface area (TPSA) is 38.7 Å². The Labute approximate surface area is 96.0 Å². The fourth-order valence-electron chi connectivity index (χ4n) is 1.93. The maximum absolute atomic E-state index is 9.97. The van der Waals surface area contributed by atoms with Crippen LogP contribution >= 0.6 is 0 Å². The molecule has 0 bridgehead atoms. The molecule has 0 aliphatic heterocycles. The summed E-state index contributed by atoms with van der Waals surface area (Å²) in [5, 5.41) is 9.97. The van der Waals surface area contributed by atoms with E-state index in [1.165, 1.54) is 0 Å². The standard InChI is InChI=1S/C13H18O3/c1-9-6-10(15-2)7-12(16-3)11(9)8-13(14)4-5-13/h6-7,14H,4-5,8H2,1-3H3. The molecule has 1 fully saturated rings. The van der Waals surface area contributed by atoms with Gasteiger partial charge in [0.1, 0.15) is 11.5 Å². The van der Waals surface area contributed by atoms with E-state index >= 15 is 0 Å². The smallest absolute Gasteiger partial charge is 0.126 e. The molecule has 0 radical (unpaired) electrons. The Balaban J connectivity index is 2.34. The molecule has 0 heterocycles. The van der Waals surface area contributed by atoms with Gasteiger partial charge in [0.2, 0.25) is 0 Å². The summed E-state index contributed by atoms with van der Waals surface area (Å²) in [6.45, 7) is 2.02. The third-order valence-corrected chi connectivity index (χ3v) is 3.19. The first-order valence-corrected chi connectivity index (χ1v) is 5.52. The van der Waals surface area contributed by atoms with Gasteiger partial charge in [-0.25, -0.2) is 0 Å². The highest BCUT2D eigenvalue weighted by molar-refractivity contribution is 5.47. The fourth-order valence-corrected chi connectivity index (χ4v) is 1.93. The van der Waals surface area contributed by atoms with Crippen LogP contribution in [0.5, 0.6) is 11.5 Å². The molecule has 0 atom stereocenters. The van der Waals surface area contributed by atoms with Crippen LogP contribution < -0.4 is 9.47 Å². The minimum atomic E-state index is -0.493. The molecule has 0 amide bonds.